The van der Waals surface area contributed by atoms with Crippen LogP contribution in [-0.2, 0) is 0 Å². The van der Waals surface area contributed by atoms with Gasteiger partial charge in [0.05, 0.1) is 17.3 Å². The second-order valence-electron chi connectivity index (χ2n) is 5.50. The van der Waals surface area contributed by atoms with E-state index in [4.69, 9.17) is 21.1 Å². The van der Waals surface area contributed by atoms with Gasteiger partial charge in [-0.15, -0.1) is 0 Å². The molecular weight excluding hydrogens is 356 g/mol. The number of rotatable bonds is 3. The monoisotopic (exact) mass is 368 g/mol. The molecule has 0 spiro atoms. The Balaban J connectivity index is 1.58. The quantitative estimate of drug-likeness (QED) is 0.436. The first kappa shape index (κ1) is 16.3. The van der Waals surface area contributed by atoms with Gasteiger partial charge in [-0.25, -0.2) is 10.4 Å². The second-order valence-corrected chi connectivity index (χ2v) is 5.86. The topological polar surface area (TPSA) is 85.7 Å². The lowest BCUT2D eigenvalue weighted by molar-refractivity contribution is 0.0955. The number of ether oxygens (including phenoxy) is 2. The Labute approximate surface area is 153 Å². The summed E-state index contributed by atoms with van der Waals surface area (Å²) in [4.78, 5) is 20.2. The molecule has 0 radical (unpaired) electrons. The lowest BCUT2D eigenvalue weighted by Gasteiger charge is -2.18. The van der Waals surface area contributed by atoms with Crippen molar-refractivity contribution in [1.29, 1.82) is 0 Å². The van der Waals surface area contributed by atoms with E-state index in [0.29, 0.717) is 41.4 Å². The normalized spacial score (nSPS) is 13.1. The summed E-state index contributed by atoms with van der Waals surface area (Å²) >= 11 is 6.22. The summed E-state index contributed by atoms with van der Waals surface area (Å²) in [6.45, 7) is 1.02. The van der Waals surface area contributed by atoms with E-state index in [2.05, 4.69) is 20.5 Å². The van der Waals surface area contributed by atoms with Gasteiger partial charge in [0.15, 0.2) is 11.5 Å². The fourth-order valence-electron chi connectivity index (χ4n) is 2.52. The number of carbonyl (C=O) groups is 1. The van der Waals surface area contributed by atoms with Gasteiger partial charge >= 0.3 is 0 Å². The first-order chi connectivity index (χ1) is 12.7. The maximum absolute atomic E-state index is 11.9. The number of nitrogens with zero attached hydrogens (tertiary/aromatic N) is 3. The van der Waals surface area contributed by atoms with E-state index in [1.807, 2.05) is 12.1 Å². The smallest absolute Gasteiger partial charge is 0.272 e. The van der Waals surface area contributed by atoms with Crippen molar-refractivity contribution < 1.29 is 14.3 Å². The largest absolute Gasteiger partial charge is 0.486 e. The number of carbonyl (C=O) groups excluding carboxylic acids is 1. The highest BCUT2D eigenvalue weighted by Gasteiger charge is 2.14. The third-order valence-corrected chi connectivity index (χ3v) is 4.06. The van der Waals surface area contributed by atoms with Gasteiger partial charge < -0.3 is 9.47 Å². The second kappa shape index (κ2) is 6.97. The van der Waals surface area contributed by atoms with E-state index >= 15 is 0 Å². The fourth-order valence-corrected chi connectivity index (χ4v) is 2.71. The number of hydrogen-bond acceptors (Lipinski definition) is 6. The summed E-state index contributed by atoms with van der Waals surface area (Å²) in [6, 6.07) is 8.78. The first-order valence-corrected chi connectivity index (χ1v) is 8.22. The van der Waals surface area contributed by atoms with Crippen molar-refractivity contribution in [3.05, 3.63) is 59.0 Å². The summed E-state index contributed by atoms with van der Waals surface area (Å²) in [5.41, 5.74) is 4.11. The molecule has 0 saturated carbocycles. The highest BCUT2D eigenvalue weighted by Crippen LogP contribution is 2.34. The van der Waals surface area contributed by atoms with Crippen molar-refractivity contribution in [2.75, 3.05) is 13.2 Å². The van der Waals surface area contributed by atoms with Crippen molar-refractivity contribution in [1.82, 2.24) is 15.4 Å². The van der Waals surface area contributed by atoms with Crippen LogP contribution in [0.5, 0.6) is 11.5 Å². The molecule has 2 aromatic heterocycles. The number of benzene rings is 1. The SMILES string of the molecule is O=C(N/N=C/c1cc2cc3c(cc2nc1Cl)OCCO3)c1cccnc1. The molecule has 0 fully saturated rings. The molecule has 7 nitrogen and oxygen atoms in total. The number of fused-ring (bicyclic) bond motifs is 2. The average Bonchev–Trinajstić information content (AvgIpc) is 2.67. The summed E-state index contributed by atoms with van der Waals surface area (Å²) in [5.74, 6) is 0.956. The Hall–Kier alpha value is -3.19. The number of aromatic nitrogens is 2. The highest BCUT2D eigenvalue weighted by molar-refractivity contribution is 6.32. The summed E-state index contributed by atoms with van der Waals surface area (Å²) in [6.07, 6.45) is 4.49. The van der Waals surface area contributed by atoms with E-state index < -0.39 is 0 Å². The molecule has 0 saturated heterocycles. The number of pyridine rings is 2. The minimum absolute atomic E-state index is 0.272. The molecular formula is C18H13ClN4O3. The van der Waals surface area contributed by atoms with Crippen LogP contribution in [0.2, 0.25) is 5.15 Å². The van der Waals surface area contributed by atoms with Crippen LogP contribution in [0, 0.1) is 0 Å². The lowest BCUT2D eigenvalue weighted by Crippen LogP contribution is -2.17. The number of hydrogen-bond donors (Lipinski definition) is 1. The molecule has 26 heavy (non-hydrogen) atoms. The third-order valence-electron chi connectivity index (χ3n) is 3.75. The summed E-state index contributed by atoms with van der Waals surface area (Å²) < 4.78 is 11.1. The molecule has 0 unspecified atom stereocenters. The molecule has 3 heterocycles. The van der Waals surface area contributed by atoms with Gasteiger partial charge in [0, 0.05) is 29.4 Å². The zero-order chi connectivity index (χ0) is 17.9. The van der Waals surface area contributed by atoms with Crippen molar-refractivity contribution in [3.8, 4) is 11.5 Å². The van der Waals surface area contributed by atoms with Crippen LogP contribution >= 0.6 is 11.6 Å². The van der Waals surface area contributed by atoms with E-state index in [9.17, 15) is 4.79 Å². The Bertz CT molecular complexity index is 1010. The van der Waals surface area contributed by atoms with Crippen LogP contribution in [0.3, 0.4) is 0 Å². The van der Waals surface area contributed by atoms with Gasteiger partial charge in [-0.1, -0.05) is 11.6 Å². The summed E-state index contributed by atoms with van der Waals surface area (Å²) in [5, 5.41) is 5.04. The van der Waals surface area contributed by atoms with Crippen LogP contribution in [0.25, 0.3) is 10.9 Å². The Morgan fingerprint density at radius 3 is 2.81 bits per heavy atom. The minimum atomic E-state index is -0.362. The van der Waals surface area contributed by atoms with E-state index in [1.54, 1.807) is 24.4 Å². The Morgan fingerprint density at radius 2 is 2.04 bits per heavy atom. The number of nitrogens with one attached hydrogen (secondary N) is 1. The predicted molar refractivity (Wildman–Crippen MR) is 97.0 cm³/mol. The van der Waals surface area contributed by atoms with Crippen molar-refractivity contribution in [2.24, 2.45) is 5.10 Å². The molecule has 1 aromatic carbocycles. The number of amides is 1. The average molecular weight is 369 g/mol. The van der Waals surface area contributed by atoms with Gasteiger partial charge in [-0.05, 0) is 24.3 Å². The van der Waals surface area contributed by atoms with Crippen LogP contribution in [-0.4, -0.2) is 35.3 Å². The van der Waals surface area contributed by atoms with Gasteiger partial charge in [0.1, 0.15) is 18.4 Å². The predicted octanol–water partition coefficient (Wildman–Crippen LogP) is 2.82. The van der Waals surface area contributed by atoms with E-state index in [-0.39, 0.29) is 11.1 Å². The van der Waals surface area contributed by atoms with Gasteiger partial charge in [0.2, 0.25) is 0 Å². The van der Waals surface area contributed by atoms with Crippen LogP contribution in [0.4, 0.5) is 0 Å². The molecule has 0 aliphatic carbocycles. The molecule has 3 aromatic rings. The zero-order valence-corrected chi connectivity index (χ0v) is 14.2. The Morgan fingerprint density at radius 1 is 1.23 bits per heavy atom. The first-order valence-electron chi connectivity index (χ1n) is 7.84. The molecule has 1 amide bonds. The highest BCUT2D eigenvalue weighted by atomic mass is 35.5. The maximum atomic E-state index is 11.9. The molecule has 0 bridgehead atoms. The molecule has 0 atom stereocenters. The molecule has 1 N–H and O–H groups in total. The van der Waals surface area contributed by atoms with Crippen LogP contribution in [0.1, 0.15) is 15.9 Å². The summed E-state index contributed by atoms with van der Waals surface area (Å²) in [7, 11) is 0. The van der Waals surface area contributed by atoms with Crippen molar-refractivity contribution in [2.45, 2.75) is 0 Å². The molecule has 130 valence electrons. The number of hydrazone groups is 1. The van der Waals surface area contributed by atoms with Gasteiger partial charge in [-0.3, -0.25) is 9.78 Å². The van der Waals surface area contributed by atoms with Crippen LogP contribution in [0.15, 0.2) is 47.8 Å². The van der Waals surface area contributed by atoms with Crippen molar-refractivity contribution >= 4 is 34.6 Å². The fraction of sp³-hybridized carbons (Fsp3) is 0.111. The van der Waals surface area contributed by atoms with Crippen molar-refractivity contribution in [3.63, 3.8) is 0 Å². The molecule has 8 heteroatoms. The zero-order valence-electron chi connectivity index (χ0n) is 13.5. The van der Waals surface area contributed by atoms with Gasteiger partial charge in [0.25, 0.3) is 5.91 Å². The van der Waals surface area contributed by atoms with E-state index in [0.717, 1.165) is 5.39 Å². The van der Waals surface area contributed by atoms with Crippen LogP contribution < -0.4 is 14.9 Å². The van der Waals surface area contributed by atoms with E-state index in [1.165, 1.54) is 12.4 Å². The molecule has 4 rings (SSSR count). The third kappa shape index (κ3) is 3.29. The molecule has 1 aliphatic heterocycles. The number of halogens is 1. The Kier molecular flexibility index (Phi) is 4.37. The molecule has 1 aliphatic rings. The maximum Gasteiger partial charge on any atom is 0.272 e. The van der Waals surface area contributed by atoms with Gasteiger partial charge in [-0.2, -0.15) is 5.10 Å². The minimum Gasteiger partial charge on any atom is -0.486 e. The standard InChI is InChI=1S/C18H13ClN4O3/c19-17-13(10-21-23-18(24)11-2-1-3-20-9-11)6-12-7-15-16(8-14(12)22-17)26-5-4-25-15/h1-3,6-10H,4-5H2,(H,23,24)/b21-10+. The lowest BCUT2D eigenvalue weighted by atomic mass is 10.1.